The number of carbonyl (C=O) groups excluding carboxylic acids is 1. The number of benzene rings is 1. The number of hydrogen-bond acceptors (Lipinski definition) is 8. The van der Waals surface area contributed by atoms with Crippen LogP contribution >= 0.6 is 19.8 Å². The summed E-state index contributed by atoms with van der Waals surface area (Å²) in [5.41, 5.74) is 2.84. The number of aromatic nitrogens is 1. The number of pyridine rings is 1. The summed E-state index contributed by atoms with van der Waals surface area (Å²) in [4.78, 5) is 13.0. The normalized spacial score (nSPS) is 12.7. The van der Waals surface area contributed by atoms with E-state index in [1.165, 1.54) is 0 Å². The van der Waals surface area contributed by atoms with Crippen molar-refractivity contribution >= 4 is 36.5 Å². The zero-order chi connectivity index (χ0) is 27.3. The van der Waals surface area contributed by atoms with Crippen LogP contribution < -0.4 is 4.74 Å². The summed E-state index contributed by atoms with van der Waals surface area (Å²) in [6, 6.07) is 12.6. The first-order valence-electron chi connectivity index (χ1n) is 12.1. The number of ether oxygens (including phenoxy) is 3. The predicted molar refractivity (Wildman–Crippen MR) is 146 cm³/mol. The van der Waals surface area contributed by atoms with Gasteiger partial charge in [0, 0.05) is 18.4 Å². The highest BCUT2D eigenvalue weighted by atomic mass is 32.1. The Bertz CT molecular complexity index is 1290. The topological polar surface area (TPSA) is 84.7 Å². The average Bonchev–Trinajstić information content (AvgIpc) is 3.09. The molecule has 37 heavy (non-hydrogen) atoms. The number of thiocarbonyl (C=S) groups is 1. The number of carbonyl (C=O) groups is 1. The Labute approximate surface area is 223 Å². The smallest absolute Gasteiger partial charge is 0.377 e. The van der Waals surface area contributed by atoms with E-state index in [2.05, 4.69) is 0 Å². The van der Waals surface area contributed by atoms with Crippen LogP contribution in [0.1, 0.15) is 67.6 Å². The molecule has 1 atom stereocenters. The Kier molecular flexibility index (Phi) is 9.53. The highest BCUT2D eigenvalue weighted by Gasteiger charge is 2.45. The molecule has 1 unspecified atom stereocenters. The first kappa shape index (κ1) is 28.9. The van der Waals surface area contributed by atoms with E-state index in [-0.39, 0.29) is 11.8 Å². The van der Waals surface area contributed by atoms with Crippen molar-refractivity contribution in [2.24, 2.45) is 0 Å². The molecule has 0 aliphatic heterocycles. The molecule has 0 saturated heterocycles. The number of fused-ring (bicyclic) bond motifs is 1. The van der Waals surface area contributed by atoms with E-state index < -0.39 is 31.6 Å². The predicted octanol–water partition coefficient (Wildman–Crippen LogP) is 7.16. The Balaban J connectivity index is 2.19. The van der Waals surface area contributed by atoms with Crippen molar-refractivity contribution in [3.05, 3.63) is 71.0 Å². The molecule has 10 heteroatoms. The summed E-state index contributed by atoms with van der Waals surface area (Å²) in [6.07, 6.45) is 0.826. The standard InChI is InChI=1S/C27H34NO7PS/c1-8-31-25(29)23-20(7)24(28-16-10-9-11-22(23)28)26(36(30,34-17(2)3)35-18(4)5)33-27(37)32-21-14-12-19(6)13-15-21/h9-18,26H,8H2,1-7H3. The van der Waals surface area contributed by atoms with Gasteiger partial charge < -0.3 is 27.7 Å². The van der Waals surface area contributed by atoms with Gasteiger partial charge in [-0.15, -0.1) is 0 Å². The van der Waals surface area contributed by atoms with E-state index in [1.54, 1.807) is 82.5 Å². The minimum absolute atomic E-state index is 0.206. The molecule has 3 rings (SSSR count). The first-order chi connectivity index (χ1) is 17.5. The highest BCUT2D eigenvalue weighted by Crippen LogP contribution is 2.64. The third-order valence-corrected chi connectivity index (χ3v) is 7.82. The van der Waals surface area contributed by atoms with E-state index >= 15 is 0 Å². The van der Waals surface area contributed by atoms with E-state index in [0.29, 0.717) is 28.1 Å². The lowest BCUT2D eigenvalue weighted by molar-refractivity contribution is 0.0527. The molecule has 0 N–H and O–H groups in total. The summed E-state index contributed by atoms with van der Waals surface area (Å²) in [5, 5.41) is -0.267. The van der Waals surface area contributed by atoms with Gasteiger partial charge in [0.2, 0.25) is 5.85 Å². The Hall–Kier alpha value is -2.71. The second kappa shape index (κ2) is 12.2. The third-order valence-electron chi connectivity index (χ3n) is 5.28. The van der Waals surface area contributed by atoms with Crippen LogP contribution in [-0.2, 0) is 23.1 Å². The van der Waals surface area contributed by atoms with E-state index in [0.717, 1.165) is 5.56 Å². The molecule has 2 heterocycles. The van der Waals surface area contributed by atoms with Crippen LogP contribution in [0, 0.1) is 13.8 Å². The Morgan fingerprint density at radius 3 is 2.19 bits per heavy atom. The summed E-state index contributed by atoms with van der Waals surface area (Å²) in [5.74, 6) is -1.38. The van der Waals surface area contributed by atoms with Crippen LogP contribution in [-0.4, -0.2) is 34.4 Å². The maximum absolute atomic E-state index is 14.5. The molecule has 200 valence electrons. The molecule has 0 bridgehead atoms. The molecule has 3 aromatic rings. The lowest BCUT2D eigenvalue weighted by atomic mass is 10.1. The average molecular weight is 548 g/mol. The fraction of sp³-hybridized carbons (Fsp3) is 0.407. The van der Waals surface area contributed by atoms with Crippen molar-refractivity contribution in [3.8, 4) is 5.75 Å². The second-order valence-electron chi connectivity index (χ2n) is 9.05. The number of esters is 1. The number of rotatable bonds is 10. The van der Waals surface area contributed by atoms with Gasteiger partial charge in [-0.3, -0.25) is 4.57 Å². The molecule has 0 radical (unpaired) electrons. The molecular weight excluding hydrogens is 513 g/mol. The largest absolute Gasteiger partial charge is 0.462 e. The molecule has 0 amide bonds. The van der Waals surface area contributed by atoms with Crippen molar-refractivity contribution in [3.63, 3.8) is 0 Å². The fourth-order valence-corrected chi connectivity index (χ4v) is 6.49. The Morgan fingerprint density at radius 2 is 1.62 bits per heavy atom. The van der Waals surface area contributed by atoms with Gasteiger partial charge in [-0.05, 0) is 78.3 Å². The molecule has 0 aliphatic rings. The minimum atomic E-state index is -4.06. The Morgan fingerprint density at radius 1 is 1.00 bits per heavy atom. The van der Waals surface area contributed by atoms with Gasteiger partial charge in [0.15, 0.2) is 0 Å². The minimum Gasteiger partial charge on any atom is -0.462 e. The van der Waals surface area contributed by atoms with Gasteiger partial charge >= 0.3 is 18.8 Å². The monoisotopic (exact) mass is 547 g/mol. The van der Waals surface area contributed by atoms with Crippen LogP contribution in [0.3, 0.4) is 0 Å². The first-order valence-corrected chi connectivity index (χ1v) is 14.2. The molecule has 1 aromatic carbocycles. The second-order valence-corrected chi connectivity index (χ2v) is 11.3. The third kappa shape index (κ3) is 6.79. The van der Waals surface area contributed by atoms with Gasteiger partial charge in [0.25, 0.3) is 0 Å². The summed E-state index contributed by atoms with van der Waals surface area (Å²) >= 11 is 5.43. The highest BCUT2D eigenvalue weighted by molar-refractivity contribution is 7.79. The molecule has 0 aliphatic carbocycles. The van der Waals surface area contributed by atoms with Crippen LogP contribution in [0.5, 0.6) is 5.75 Å². The van der Waals surface area contributed by atoms with E-state index in [4.69, 9.17) is 35.5 Å². The van der Waals surface area contributed by atoms with Crippen LogP contribution in [0.25, 0.3) is 5.52 Å². The van der Waals surface area contributed by atoms with Crippen LogP contribution in [0.15, 0.2) is 48.7 Å². The van der Waals surface area contributed by atoms with Crippen molar-refractivity contribution in [1.82, 2.24) is 4.40 Å². The van der Waals surface area contributed by atoms with Crippen molar-refractivity contribution in [2.45, 2.75) is 66.5 Å². The summed E-state index contributed by atoms with van der Waals surface area (Å²) < 4.78 is 45.2. The van der Waals surface area contributed by atoms with Gasteiger partial charge in [0.05, 0.1) is 35.6 Å². The maximum atomic E-state index is 14.5. The van der Waals surface area contributed by atoms with Gasteiger partial charge in [-0.2, -0.15) is 0 Å². The molecule has 2 aromatic heterocycles. The quantitative estimate of drug-likeness (QED) is 0.150. The lowest BCUT2D eigenvalue weighted by Crippen LogP contribution is -2.22. The number of hydrogen-bond donors (Lipinski definition) is 0. The van der Waals surface area contributed by atoms with Crippen molar-refractivity contribution < 1.29 is 32.6 Å². The van der Waals surface area contributed by atoms with Gasteiger partial charge in [0.1, 0.15) is 5.75 Å². The molecule has 0 saturated carbocycles. The van der Waals surface area contributed by atoms with E-state index in [9.17, 15) is 9.36 Å². The fourth-order valence-electron chi connectivity index (χ4n) is 3.93. The zero-order valence-corrected chi connectivity index (χ0v) is 23.9. The molecule has 8 nitrogen and oxygen atoms in total. The zero-order valence-electron chi connectivity index (χ0n) is 22.2. The van der Waals surface area contributed by atoms with Crippen LogP contribution in [0.4, 0.5) is 0 Å². The number of nitrogens with zero attached hydrogens (tertiary/aromatic N) is 1. The summed E-state index contributed by atoms with van der Waals surface area (Å²) in [7, 11) is -4.06. The van der Waals surface area contributed by atoms with Crippen molar-refractivity contribution in [2.75, 3.05) is 6.61 Å². The van der Waals surface area contributed by atoms with Gasteiger partial charge in [-0.1, -0.05) is 23.8 Å². The maximum Gasteiger partial charge on any atom is 0.377 e. The number of aryl methyl sites for hydroxylation is 1. The molecule has 0 spiro atoms. The van der Waals surface area contributed by atoms with E-state index in [1.807, 2.05) is 19.1 Å². The van der Waals surface area contributed by atoms with Crippen molar-refractivity contribution in [1.29, 1.82) is 0 Å². The molecule has 0 fully saturated rings. The SMILES string of the molecule is CCOC(=O)c1c(C)c(C(OC(=S)Oc2ccc(C)cc2)P(=O)(OC(C)C)OC(C)C)n2ccccc12. The van der Waals surface area contributed by atoms with Crippen LogP contribution in [0.2, 0.25) is 0 Å². The summed E-state index contributed by atoms with van der Waals surface area (Å²) in [6.45, 7) is 12.6. The molecular formula is C27H34NO7PS. The lowest BCUT2D eigenvalue weighted by Gasteiger charge is -2.30. The van der Waals surface area contributed by atoms with Gasteiger partial charge in [-0.25, -0.2) is 4.79 Å².